The van der Waals surface area contributed by atoms with Gasteiger partial charge >= 0.3 is 0 Å². The van der Waals surface area contributed by atoms with E-state index in [-0.39, 0.29) is 0 Å². The Kier molecular flexibility index (Phi) is 5.57. The number of hydrogen-bond acceptors (Lipinski definition) is 3. The Morgan fingerprint density at radius 1 is 1.30 bits per heavy atom. The van der Waals surface area contributed by atoms with E-state index in [1.54, 1.807) is 18.2 Å². The summed E-state index contributed by atoms with van der Waals surface area (Å²) in [6.45, 7) is 4.14. The average molecular weight is 296 g/mol. The molecule has 0 amide bonds. The number of benzene rings is 1. The van der Waals surface area contributed by atoms with Gasteiger partial charge in [0.25, 0.3) is 0 Å². The topological polar surface area (TPSA) is 58.2 Å². The standard InChI is InChI=1S/C15H24N2O2S/c1-2-16-12-14-7-4-8-15(11-14)20(18,19)17-10-9-13-5-3-6-13/h4,7-8,11,13,16-17H,2-3,5-6,9-10,12H2,1H3. The number of rotatable bonds is 8. The zero-order valence-electron chi connectivity index (χ0n) is 12.1. The second-order valence-electron chi connectivity index (χ2n) is 5.41. The van der Waals surface area contributed by atoms with Gasteiger partial charge in [-0.25, -0.2) is 13.1 Å². The van der Waals surface area contributed by atoms with Crippen LogP contribution >= 0.6 is 0 Å². The van der Waals surface area contributed by atoms with Gasteiger partial charge in [0.15, 0.2) is 0 Å². The summed E-state index contributed by atoms with van der Waals surface area (Å²) in [6.07, 6.45) is 4.75. The highest BCUT2D eigenvalue weighted by molar-refractivity contribution is 7.89. The molecule has 20 heavy (non-hydrogen) atoms. The van der Waals surface area contributed by atoms with Crippen LogP contribution in [0.25, 0.3) is 0 Å². The minimum Gasteiger partial charge on any atom is -0.313 e. The summed E-state index contributed by atoms with van der Waals surface area (Å²) in [5.41, 5.74) is 0.994. The molecule has 1 aromatic carbocycles. The minimum atomic E-state index is -3.37. The van der Waals surface area contributed by atoms with Gasteiger partial charge in [-0.05, 0) is 36.6 Å². The molecule has 112 valence electrons. The third-order valence-corrected chi connectivity index (χ3v) is 5.32. The first-order valence-electron chi connectivity index (χ1n) is 7.41. The van der Waals surface area contributed by atoms with E-state index in [0.717, 1.165) is 24.4 Å². The largest absolute Gasteiger partial charge is 0.313 e. The lowest BCUT2D eigenvalue weighted by Crippen LogP contribution is -2.27. The lowest BCUT2D eigenvalue weighted by molar-refractivity contribution is 0.297. The summed E-state index contributed by atoms with van der Waals surface area (Å²) in [5.74, 6) is 0.720. The maximum Gasteiger partial charge on any atom is 0.240 e. The highest BCUT2D eigenvalue weighted by atomic mass is 32.2. The molecule has 0 bridgehead atoms. The van der Waals surface area contributed by atoms with Gasteiger partial charge in [0.1, 0.15) is 0 Å². The summed E-state index contributed by atoms with van der Waals surface area (Å²) in [6, 6.07) is 7.14. The van der Waals surface area contributed by atoms with E-state index in [1.165, 1.54) is 19.3 Å². The van der Waals surface area contributed by atoms with Crippen LogP contribution in [0.5, 0.6) is 0 Å². The zero-order valence-corrected chi connectivity index (χ0v) is 12.9. The third kappa shape index (κ3) is 4.30. The van der Waals surface area contributed by atoms with Gasteiger partial charge in [-0.3, -0.25) is 0 Å². The van der Waals surface area contributed by atoms with E-state index >= 15 is 0 Å². The third-order valence-electron chi connectivity index (χ3n) is 3.86. The molecule has 1 saturated carbocycles. The van der Waals surface area contributed by atoms with Gasteiger partial charge in [0, 0.05) is 13.1 Å². The van der Waals surface area contributed by atoms with Gasteiger partial charge in [-0.1, -0.05) is 38.3 Å². The summed E-state index contributed by atoms with van der Waals surface area (Å²) < 4.78 is 27.1. The van der Waals surface area contributed by atoms with Crippen LogP contribution < -0.4 is 10.0 Å². The molecule has 0 heterocycles. The number of hydrogen-bond donors (Lipinski definition) is 2. The van der Waals surface area contributed by atoms with Crippen molar-refractivity contribution in [3.63, 3.8) is 0 Å². The second kappa shape index (κ2) is 7.20. The van der Waals surface area contributed by atoms with Crippen LogP contribution in [0.15, 0.2) is 29.2 Å². The van der Waals surface area contributed by atoms with E-state index < -0.39 is 10.0 Å². The summed E-state index contributed by atoms with van der Waals surface area (Å²) in [5, 5.41) is 3.20. The van der Waals surface area contributed by atoms with E-state index in [9.17, 15) is 8.42 Å². The van der Waals surface area contributed by atoms with Crippen molar-refractivity contribution in [2.24, 2.45) is 5.92 Å². The van der Waals surface area contributed by atoms with Crippen molar-refractivity contribution in [1.29, 1.82) is 0 Å². The van der Waals surface area contributed by atoms with Crippen molar-refractivity contribution in [3.8, 4) is 0 Å². The van der Waals surface area contributed by atoms with Crippen molar-refractivity contribution in [1.82, 2.24) is 10.0 Å². The molecule has 0 saturated heterocycles. The first-order chi connectivity index (χ1) is 9.62. The first-order valence-corrected chi connectivity index (χ1v) is 8.89. The fourth-order valence-corrected chi connectivity index (χ4v) is 3.47. The van der Waals surface area contributed by atoms with Gasteiger partial charge in [-0.2, -0.15) is 0 Å². The Balaban J connectivity index is 1.93. The molecule has 5 heteroatoms. The van der Waals surface area contributed by atoms with Crippen molar-refractivity contribution in [2.75, 3.05) is 13.1 Å². The highest BCUT2D eigenvalue weighted by Crippen LogP contribution is 2.28. The summed E-state index contributed by atoms with van der Waals surface area (Å²) in [4.78, 5) is 0.363. The van der Waals surface area contributed by atoms with Crippen LogP contribution in [0.1, 0.15) is 38.2 Å². The minimum absolute atomic E-state index is 0.363. The molecule has 4 nitrogen and oxygen atoms in total. The maximum atomic E-state index is 12.2. The fraction of sp³-hybridized carbons (Fsp3) is 0.600. The molecule has 1 aliphatic rings. The van der Waals surface area contributed by atoms with Gasteiger partial charge in [0.05, 0.1) is 4.90 Å². The van der Waals surface area contributed by atoms with Crippen LogP contribution in [-0.4, -0.2) is 21.5 Å². The molecule has 2 N–H and O–H groups in total. The zero-order chi connectivity index (χ0) is 14.4. The van der Waals surface area contributed by atoms with Crippen molar-refractivity contribution < 1.29 is 8.42 Å². The molecule has 0 spiro atoms. The molecule has 2 rings (SSSR count). The molecule has 1 aliphatic carbocycles. The molecule has 1 aromatic rings. The predicted octanol–water partition coefficient (Wildman–Crippen LogP) is 2.26. The van der Waals surface area contributed by atoms with E-state index in [1.807, 2.05) is 13.0 Å². The molecule has 0 aromatic heterocycles. The second-order valence-corrected chi connectivity index (χ2v) is 7.18. The van der Waals surface area contributed by atoms with Crippen molar-refractivity contribution in [2.45, 2.75) is 44.0 Å². The number of sulfonamides is 1. The van der Waals surface area contributed by atoms with Crippen LogP contribution in [0, 0.1) is 5.92 Å². The Morgan fingerprint density at radius 3 is 2.75 bits per heavy atom. The van der Waals surface area contributed by atoms with Crippen LogP contribution in [-0.2, 0) is 16.6 Å². The highest BCUT2D eigenvalue weighted by Gasteiger charge is 2.19. The van der Waals surface area contributed by atoms with Gasteiger partial charge in [0.2, 0.25) is 10.0 Å². The van der Waals surface area contributed by atoms with Crippen molar-refractivity contribution in [3.05, 3.63) is 29.8 Å². The number of nitrogens with one attached hydrogen (secondary N) is 2. The normalized spacial score (nSPS) is 16.1. The molecular weight excluding hydrogens is 272 g/mol. The lowest BCUT2D eigenvalue weighted by atomic mass is 9.83. The Hall–Kier alpha value is -0.910. The van der Waals surface area contributed by atoms with E-state index in [0.29, 0.717) is 18.0 Å². The predicted molar refractivity (Wildman–Crippen MR) is 81.0 cm³/mol. The molecule has 0 atom stereocenters. The first kappa shape index (κ1) is 15.5. The van der Waals surface area contributed by atoms with Gasteiger partial charge < -0.3 is 5.32 Å². The smallest absolute Gasteiger partial charge is 0.240 e. The summed E-state index contributed by atoms with van der Waals surface area (Å²) >= 11 is 0. The Bertz CT molecular complexity index is 524. The Labute approximate surface area is 122 Å². The molecular formula is C15H24N2O2S. The SMILES string of the molecule is CCNCc1cccc(S(=O)(=O)NCCC2CCC2)c1. The lowest BCUT2D eigenvalue weighted by Gasteiger charge is -2.25. The van der Waals surface area contributed by atoms with Crippen molar-refractivity contribution >= 4 is 10.0 Å². The Morgan fingerprint density at radius 2 is 2.10 bits per heavy atom. The van der Waals surface area contributed by atoms with Crippen LogP contribution in [0.2, 0.25) is 0 Å². The quantitative estimate of drug-likeness (QED) is 0.773. The fourth-order valence-electron chi connectivity index (χ4n) is 2.35. The molecule has 0 radical (unpaired) electrons. The van der Waals surface area contributed by atoms with Crippen LogP contribution in [0.4, 0.5) is 0 Å². The molecule has 0 aliphatic heterocycles. The summed E-state index contributed by atoms with van der Waals surface area (Å²) in [7, 11) is -3.37. The van der Waals surface area contributed by atoms with E-state index in [4.69, 9.17) is 0 Å². The maximum absolute atomic E-state index is 12.2. The monoisotopic (exact) mass is 296 g/mol. The van der Waals surface area contributed by atoms with Gasteiger partial charge in [-0.15, -0.1) is 0 Å². The van der Waals surface area contributed by atoms with Crippen LogP contribution in [0.3, 0.4) is 0 Å². The molecule has 1 fully saturated rings. The average Bonchev–Trinajstić information content (AvgIpc) is 2.39. The molecule has 0 unspecified atom stereocenters. The van der Waals surface area contributed by atoms with E-state index in [2.05, 4.69) is 10.0 Å².